The normalized spacial score (nSPS) is 25.7. The summed E-state index contributed by atoms with van der Waals surface area (Å²) in [7, 11) is -3.49. The first-order chi connectivity index (χ1) is 8.09. The maximum atomic E-state index is 12.0. The Kier molecular flexibility index (Phi) is 3.76. The molecule has 1 aliphatic rings. The molecule has 2 rings (SSSR count). The van der Waals surface area contributed by atoms with E-state index in [1.165, 1.54) is 12.3 Å². The number of pyridine rings is 1. The van der Waals surface area contributed by atoms with Crippen LogP contribution >= 0.6 is 0 Å². The molecule has 2 atom stereocenters. The molecule has 0 aliphatic heterocycles. The lowest BCUT2D eigenvalue weighted by molar-refractivity contribution is 0.361. The molecule has 0 bridgehead atoms. The van der Waals surface area contributed by atoms with Gasteiger partial charge in [-0.2, -0.15) is 0 Å². The molecule has 1 aliphatic carbocycles. The molecule has 3 N–H and O–H groups in total. The van der Waals surface area contributed by atoms with Gasteiger partial charge >= 0.3 is 0 Å². The van der Waals surface area contributed by atoms with Gasteiger partial charge in [-0.15, -0.1) is 0 Å². The Hall–Kier alpha value is -0.980. The minimum absolute atomic E-state index is 0.0878. The van der Waals surface area contributed by atoms with Crippen LogP contribution in [0.1, 0.15) is 25.7 Å². The van der Waals surface area contributed by atoms with Gasteiger partial charge in [0.2, 0.25) is 10.0 Å². The predicted molar refractivity (Wildman–Crippen MR) is 64.8 cm³/mol. The summed E-state index contributed by atoms with van der Waals surface area (Å²) in [6, 6.07) is 2.89. The summed E-state index contributed by atoms with van der Waals surface area (Å²) in [6.45, 7) is 0. The maximum Gasteiger partial charge on any atom is 0.242 e. The maximum absolute atomic E-state index is 12.0. The van der Waals surface area contributed by atoms with Crippen molar-refractivity contribution >= 4 is 10.0 Å². The van der Waals surface area contributed by atoms with Gasteiger partial charge in [0.25, 0.3) is 0 Å². The van der Waals surface area contributed by atoms with Gasteiger partial charge in [0.1, 0.15) is 4.90 Å². The van der Waals surface area contributed by atoms with E-state index < -0.39 is 10.0 Å². The van der Waals surface area contributed by atoms with Crippen molar-refractivity contribution in [3.8, 4) is 0 Å². The molecule has 1 aromatic heterocycles. The quantitative estimate of drug-likeness (QED) is 0.829. The van der Waals surface area contributed by atoms with E-state index in [-0.39, 0.29) is 17.0 Å². The third kappa shape index (κ3) is 3.02. The number of nitrogens with zero attached hydrogens (tertiary/aromatic N) is 1. The van der Waals surface area contributed by atoms with Gasteiger partial charge in [-0.1, -0.05) is 12.8 Å². The first kappa shape index (κ1) is 12.5. The van der Waals surface area contributed by atoms with Crippen LogP contribution in [0.25, 0.3) is 0 Å². The lowest BCUT2D eigenvalue weighted by Crippen LogP contribution is -2.49. The first-order valence-electron chi connectivity index (χ1n) is 5.77. The fourth-order valence-corrected chi connectivity index (χ4v) is 3.36. The van der Waals surface area contributed by atoms with Crippen molar-refractivity contribution in [3.63, 3.8) is 0 Å². The van der Waals surface area contributed by atoms with Crippen LogP contribution in [0.4, 0.5) is 0 Å². The molecule has 0 spiro atoms. The van der Waals surface area contributed by atoms with Gasteiger partial charge in [0.05, 0.1) is 0 Å². The van der Waals surface area contributed by atoms with Gasteiger partial charge in [0, 0.05) is 24.5 Å². The Bertz CT molecular complexity index is 461. The predicted octanol–water partition coefficient (Wildman–Crippen LogP) is 0.630. The molecule has 0 radical (unpaired) electrons. The molecule has 1 saturated carbocycles. The van der Waals surface area contributed by atoms with Crippen molar-refractivity contribution < 1.29 is 8.42 Å². The molecule has 0 saturated heterocycles. The van der Waals surface area contributed by atoms with E-state index in [4.69, 9.17) is 5.73 Å². The fraction of sp³-hybridized carbons (Fsp3) is 0.545. The van der Waals surface area contributed by atoms with Crippen molar-refractivity contribution in [1.29, 1.82) is 0 Å². The Balaban J connectivity index is 2.12. The molecule has 94 valence electrons. The summed E-state index contributed by atoms with van der Waals surface area (Å²) in [4.78, 5) is 4.01. The summed E-state index contributed by atoms with van der Waals surface area (Å²) in [5.41, 5.74) is 5.92. The fourth-order valence-electron chi connectivity index (χ4n) is 2.08. The second kappa shape index (κ2) is 5.12. The molecular formula is C11H17N3O2S. The van der Waals surface area contributed by atoms with E-state index in [0.717, 1.165) is 25.7 Å². The van der Waals surface area contributed by atoms with Crippen LogP contribution < -0.4 is 10.5 Å². The summed E-state index contributed by atoms with van der Waals surface area (Å²) < 4.78 is 26.7. The van der Waals surface area contributed by atoms with Crippen LogP contribution in [0, 0.1) is 0 Å². The molecule has 17 heavy (non-hydrogen) atoms. The third-order valence-corrected chi connectivity index (χ3v) is 4.55. The van der Waals surface area contributed by atoms with E-state index in [0.29, 0.717) is 0 Å². The van der Waals surface area contributed by atoms with E-state index in [1.54, 1.807) is 12.3 Å². The highest BCUT2D eigenvalue weighted by molar-refractivity contribution is 7.89. The van der Waals surface area contributed by atoms with Crippen LogP contribution in [0.3, 0.4) is 0 Å². The highest BCUT2D eigenvalue weighted by Gasteiger charge is 2.27. The molecule has 1 aromatic rings. The summed E-state index contributed by atoms with van der Waals surface area (Å²) in [5, 5.41) is 0. The molecular weight excluding hydrogens is 238 g/mol. The van der Waals surface area contributed by atoms with Gasteiger partial charge < -0.3 is 5.73 Å². The van der Waals surface area contributed by atoms with E-state index in [9.17, 15) is 8.42 Å². The van der Waals surface area contributed by atoms with Crippen LogP contribution in [-0.4, -0.2) is 25.5 Å². The molecule has 5 nitrogen and oxygen atoms in total. The van der Waals surface area contributed by atoms with E-state index in [2.05, 4.69) is 9.71 Å². The molecule has 2 unspecified atom stereocenters. The van der Waals surface area contributed by atoms with Gasteiger partial charge in [-0.25, -0.2) is 13.1 Å². The Morgan fingerprint density at radius 3 is 2.76 bits per heavy atom. The summed E-state index contributed by atoms with van der Waals surface area (Å²) in [5.74, 6) is 0. The molecule has 6 heteroatoms. The highest BCUT2D eigenvalue weighted by Crippen LogP contribution is 2.19. The zero-order valence-corrected chi connectivity index (χ0v) is 10.4. The van der Waals surface area contributed by atoms with Crippen molar-refractivity contribution in [3.05, 3.63) is 24.5 Å². The topological polar surface area (TPSA) is 85.1 Å². The second-order valence-electron chi connectivity index (χ2n) is 4.36. The minimum atomic E-state index is -3.49. The lowest BCUT2D eigenvalue weighted by Gasteiger charge is -2.28. The molecule has 0 aromatic carbocycles. The van der Waals surface area contributed by atoms with Gasteiger partial charge in [0.15, 0.2) is 0 Å². The highest BCUT2D eigenvalue weighted by atomic mass is 32.2. The SMILES string of the molecule is NC1CCCCC1NS(=O)(=O)c1cccnc1. The van der Waals surface area contributed by atoms with Gasteiger partial charge in [-0.3, -0.25) is 4.98 Å². The number of nitrogens with one attached hydrogen (secondary N) is 1. The minimum Gasteiger partial charge on any atom is -0.326 e. The number of sulfonamides is 1. The van der Waals surface area contributed by atoms with Gasteiger partial charge in [-0.05, 0) is 25.0 Å². The van der Waals surface area contributed by atoms with Crippen molar-refractivity contribution in [2.24, 2.45) is 5.73 Å². The largest absolute Gasteiger partial charge is 0.326 e. The molecule has 1 fully saturated rings. The monoisotopic (exact) mass is 255 g/mol. The lowest BCUT2D eigenvalue weighted by atomic mass is 9.92. The average Bonchev–Trinajstić information content (AvgIpc) is 2.33. The average molecular weight is 255 g/mol. The summed E-state index contributed by atoms with van der Waals surface area (Å²) in [6.07, 6.45) is 6.67. The van der Waals surface area contributed by atoms with Crippen LogP contribution in [-0.2, 0) is 10.0 Å². The zero-order valence-electron chi connectivity index (χ0n) is 9.54. The van der Waals surface area contributed by atoms with E-state index >= 15 is 0 Å². The molecule has 1 heterocycles. The number of hydrogen-bond donors (Lipinski definition) is 2. The molecule has 0 amide bonds. The van der Waals surface area contributed by atoms with E-state index in [1.807, 2.05) is 0 Å². The zero-order chi connectivity index (χ0) is 12.3. The summed E-state index contributed by atoms with van der Waals surface area (Å²) >= 11 is 0. The number of aromatic nitrogens is 1. The van der Waals surface area contributed by atoms with Crippen molar-refractivity contribution in [1.82, 2.24) is 9.71 Å². The first-order valence-corrected chi connectivity index (χ1v) is 7.26. The number of rotatable bonds is 3. The second-order valence-corrected chi connectivity index (χ2v) is 6.08. The number of nitrogens with two attached hydrogens (primary N) is 1. The van der Waals surface area contributed by atoms with Crippen molar-refractivity contribution in [2.75, 3.05) is 0 Å². The smallest absolute Gasteiger partial charge is 0.242 e. The Morgan fingerprint density at radius 2 is 2.12 bits per heavy atom. The van der Waals surface area contributed by atoms with Crippen LogP contribution in [0.2, 0.25) is 0 Å². The number of hydrogen-bond acceptors (Lipinski definition) is 4. The van der Waals surface area contributed by atoms with Crippen LogP contribution in [0.15, 0.2) is 29.4 Å². The van der Waals surface area contributed by atoms with Crippen LogP contribution in [0.5, 0.6) is 0 Å². The third-order valence-electron chi connectivity index (χ3n) is 3.07. The van der Waals surface area contributed by atoms with Crippen molar-refractivity contribution in [2.45, 2.75) is 42.7 Å². The Morgan fingerprint density at radius 1 is 1.35 bits per heavy atom. The standard InChI is InChI=1S/C11H17N3O2S/c12-10-5-1-2-6-11(10)14-17(15,16)9-4-3-7-13-8-9/h3-4,7-8,10-11,14H,1-2,5-6,12H2. The Labute approximate surface area is 101 Å².